The number of methoxy groups -OCH3 is 3. The highest BCUT2D eigenvalue weighted by atomic mass is 32.2. The molecule has 14 heteroatoms. The molecule has 3 heterocycles. The van der Waals surface area contributed by atoms with Gasteiger partial charge in [-0.2, -0.15) is 4.31 Å². The highest BCUT2D eigenvalue weighted by Crippen LogP contribution is 2.58. The SMILES string of the molecule is COc1ccc2c(c1OC)C(=O)OC2[C@H]1c2c(c(S(=O)(=O)N(CCO)CCO)c3c(c2OC)OCO3)CCN1C. The number of hydrogen-bond acceptors (Lipinski definition) is 12. The second-order valence-electron chi connectivity index (χ2n) is 9.44. The van der Waals surface area contributed by atoms with Gasteiger partial charge in [-0.3, -0.25) is 4.90 Å². The van der Waals surface area contributed by atoms with Gasteiger partial charge in [0.25, 0.3) is 0 Å². The first kappa shape index (κ1) is 28.2. The number of sulfonamides is 1. The molecule has 13 nitrogen and oxygen atoms in total. The third-order valence-electron chi connectivity index (χ3n) is 7.46. The molecule has 0 saturated heterocycles. The summed E-state index contributed by atoms with van der Waals surface area (Å²) in [4.78, 5) is 15.0. The Morgan fingerprint density at radius 1 is 1.02 bits per heavy atom. The Balaban J connectivity index is 1.76. The highest BCUT2D eigenvalue weighted by Gasteiger charge is 2.49. The second kappa shape index (κ2) is 10.9. The Morgan fingerprint density at radius 2 is 1.70 bits per heavy atom. The van der Waals surface area contributed by atoms with Crippen molar-refractivity contribution in [3.8, 4) is 28.7 Å². The van der Waals surface area contributed by atoms with Gasteiger partial charge in [0.1, 0.15) is 16.6 Å². The number of fused-ring (bicyclic) bond motifs is 3. The first-order valence-electron chi connectivity index (χ1n) is 12.6. The molecule has 0 amide bonds. The van der Waals surface area contributed by atoms with Gasteiger partial charge in [-0.05, 0) is 25.1 Å². The number of benzene rings is 2. The molecule has 0 aliphatic carbocycles. The number of aliphatic hydroxyl groups excluding tert-OH is 2. The molecule has 2 aromatic carbocycles. The molecule has 1 unspecified atom stereocenters. The fourth-order valence-electron chi connectivity index (χ4n) is 5.77. The lowest BCUT2D eigenvalue weighted by Crippen LogP contribution is -2.40. The number of aliphatic hydroxyl groups is 2. The zero-order valence-electron chi connectivity index (χ0n) is 22.6. The molecule has 3 aliphatic heterocycles. The zero-order chi connectivity index (χ0) is 28.8. The number of hydrogen-bond donors (Lipinski definition) is 2. The summed E-state index contributed by atoms with van der Waals surface area (Å²) in [5, 5.41) is 19.1. The van der Waals surface area contributed by atoms with Crippen LogP contribution in [-0.4, -0.2) is 102 Å². The Hall–Kier alpha value is -3.30. The van der Waals surface area contributed by atoms with Gasteiger partial charge in [0.05, 0.1) is 40.6 Å². The normalized spacial score (nSPS) is 19.8. The predicted octanol–water partition coefficient (Wildman–Crippen LogP) is 0.857. The van der Waals surface area contributed by atoms with E-state index in [4.69, 9.17) is 28.4 Å². The van der Waals surface area contributed by atoms with E-state index in [1.165, 1.54) is 21.3 Å². The minimum Gasteiger partial charge on any atom is -0.493 e. The average molecular weight is 581 g/mol. The maximum absolute atomic E-state index is 14.1. The van der Waals surface area contributed by atoms with Crippen molar-refractivity contribution in [2.75, 3.05) is 68.0 Å². The van der Waals surface area contributed by atoms with Crippen molar-refractivity contribution in [2.24, 2.45) is 0 Å². The summed E-state index contributed by atoms with van der Waals surface area (Å²) < 4.78 is 63.2. The van der Waals surface area contributed by atoms with E-state index in [-0.39, 0.29) is 53.3 Å². The van der Waals surface area contributed by atoms with E-state index in [2.05, 4.69) is 0 Å². The van der Waals surface area contributed by atoms with Crippen LogP contribution >= 0.6 is 0 Å². The van der Waals surface area contributed by atoms with Gasteiger partial charge in [-0.1, -0.05) is 6.07 Å². The van der Waals surface area contributed by atoms with Crippen LogP contribution in [0.3, 0.4) is 0 Å². The first-order chi connectivity index (χ1) is 19.2. The Bertz CT molecular complexity index is 1420. The van der Waals surface area contributed by atoms with E-state index in [1.807, 2.05) is 11.9 Å². The van der Waals surface area contributed by atoms with Gasteiger partial charge in [0.2, 0.25) is 22.6 Å². The minimum absolute atomic E-state index is 0.00926. The van der Waals surface area contributed by atoms with Crippen molar-refractivity contribution in [3.05, 3.63) is 34.4 Å². The zero-order valence-corrected chi connectivity index (χ0v) is 23.4. The molecular weight excluding hydrogens is 548 g/mol. The van der Waals surface area contributed by atoms with Gasteiger partial charge in [0, 0.05) is 30.8 Å². The van der Waals surface area contributed by atoms with Crippen LogP contribution < -0.4 is 23.7 Å². The van der Waals surface area contributed by atoms with E-state index in [9.17, 15) is 23.4 Å². The fourth-order valence-corrected chi connectivity index (χ4v) is 7.58. The van der Waals surface area contributed by atoms with Crippen LogP contribution in [0.2, 0.25) is 0 Å². The standard InChI is InChI=1S/C26H32N2O11S/c1-27-8-7-15-17(19(27)20-14-5-6-16(34-2)21(35-3)18(14)26(31)39-20)22(36-4)23-24(38-13-37-23)25(15)40(32,33)28(9-11-29)10-12-30/h5-6,19-20,29-30H,7-13H2,1-4H3/t19-,20?/m1/s1. The van der Waals surface area contributed by atoms with E-state index in [0.717, 1.165) is 4.31 Å². The van der Waals surface area contributed by atoms with E-state index in [0.29, 0.717) is 35.4 Å². The number of ether oxygens (including phenoxy) is 6. The Kier molecular flexibility index (Phi) is 7.72. The van der Waals surface area contributed by atoms with Gasteiger partial charge in [-0.25, -0.2) is 13.2 Å². The molecule has 0 bridgehead atoms. The molecule has 0 fully saturated rings. The van der Waals surface area contributed by atoms with Gasteiger partial charge >= 0.3 is 5.97 Å². The van der Waals surface area contributed by atoms with Crippen LogP contribution in [0.15, 0.2) is 17.0 Å². The maximum atomic E-state index is 14.1. The van der Waals surface area contributed by atoms with Gasteiger partial charge < -0.3 is 38.6 Å². The smallest absolute Gasteiger partial charge is 0.343 e. The molecule has 2 aromatic rings. The monoisotopic (exact) mass is 580 g/mol. The Morgan fingerprint density at radius 3 is 2.33 bits per heavy atom. The van der Waals surface area contributed by atoms with Gasteiger partial charge in [-0.15, -0.1) is 0 Å². The number of carbonyl (C=O) groups excluding carboxylic acids is 1. The van der Waals surface area contributed by atoms with E-state index >= 15 is 0 Å². The summed E-state index contributed by atoms with van der Waals surface area (Å²) in [5.41, 5.74) is 1.69. The molecule has 0 radical (unpaired) electrons. The highest BCUT2D eigenvalue weighted by molar-refractivity contribution is 7.89. The number of carbonyl (C=O) groups is 1. The van der Waals surface area contributed by atoms with Crippen LogP contribution in [0.1, 0.15) is 39.2 Å². The number of rotatable bonds is 10. The minimum atomic E-state index is -4.28. The second-order valence-corrected chi connectivity index (χ2v) is 11.3. The van der Waals surface area contributed by atoms with Crippen molar-refractivity contribution in [1.82, 2.24) is 9.21 Å². The molecular formula is C26H32N2O11S. The van der Waals surface area contributed by atoms with Crippen molar-refractivity contribution < 1.29 is 51.8 Å². The molecule has 2 atom stereocenters. The summed E-state index contributed by atoms with van der Waals surface area (Å²) in [6, 6.07) is 2.75. The molecule has 5 rings (SSSR count). The maximum Gasteiger partial charge on any atom is 0.343 e. The van der Waals surface area contributed by atoms with E-state index in [1.54, 1.807) is 12.1 Å². The third-order valence-corrected chi connectivity index (χ3v) is 9.46. The van der Waals surface area contributed by atoms with Crippen molar-refractivity contribution in [1.29, 1.82) is 0 Å². The lowest BCUT2D eigenvalue weighted by Gasteiger charge is -2.39. The summed E-state index contributed by atoms with van der Waals surface area (Å²) in [6.45, 7) is -1.14. The summed E-state index contributed by atoms with van der Waals surface area (Å²) in [6.07, 6.45) is -0.544. The lowest BCUT2D eigenvalue weighted by molar-refractivity contribution is 0.00855. The van der Waals surface area contributed by atoms with Crippen LogP contribution in [0.25, 0.3) is 0 Å². The molecule has 0 spiro atoms. The quantitative estimate of drug-likeness (QED) is 0.383. The summed E-state index contributed by atoms with van der Waals surface area (Å²) in [7, 11) is 1.92. The summed E-state index contributed by atoms with van der Waals surface area (Å²) >= 11 is 0. The van der Waals surface area contributed by atoms with Gasteiger partial charge in [0.15, 0.2) is 23.0 Å². The molecule has 3 aliphatic rings. The topological polar surface area (TPSA) is 154 Å². The molecule has 40 heavy (non-hydrogen) atoms. The molecule has 218 valence electrons. The largest absolute Gasteiger partial charge is 0.493 e. The Labute approximate surface area is 231 Å². The number of likely N-dealkylation sites (N-methyl/N-ethyl adjacent to an activating group) is 1. The number of esters is 1. The van der Waals surface area contributed by atoms with Crippen LogP contribution in [0.5, 0.6) is 28.7 Å². The first-order valence-corrected chi connectivity index (χ1v) is 14.1. The number of nitrogens with zero attached hydrogens (tertiary/aromatic N) is 2. The van der Waals surface area contributed by atoms with Crippen LogP contribution in [0.4, 0.5) is 0 Å². The predicted molar refractivity (Wildman–Crippen MR) is 139 cm³/mol. The number of cyclic esters (lactones) is 1. The van der Waals surface area contributed by atoms with Crippen LogP contribution in [0, 0.1) is 0 Å². The fraction of sp³-hybridized carbons (Fsp3) is 0.500. The third kappa shape index (κ3) is 4.21. The van der Waals surface area contributed by atoms with Crippen molar-refractivity contribution in [2.45, 2.75) is 23.5 Å². The molecule has 0 saturated carbocycles. The lowest BCUT2D eigenvalue weighted by atomic mass is 9.85. The average Bonchev–Trinajstić information content (AvgIpc) is 3.55. The summed E-state index contributed by atoms with van der Waals surface area (Å²) in [5.74, 6) is 0.425. The molecule has 2 N–H and O–H groups in total. The van der Waals surface area contributed by atoms with E-state index < -0.39 is 41.4 Å². The molecule has 0 aromatic heterocycles. The van der Waals surface area contributed by atoms with Crippen molar-refractivity contribution >= 4 is 16.0 Å². The van der Waals surface area contributed by atoms with Crippen LogP contribution in [-0.2, 0) is 21.2 Å². The van der Waals surface area contributed by atoms with Crippen molar-refractivity contribution in [3.63, 3.8) is 0 Å².